The first-order chi connectivity index (χ1) is 15.2. The highest BCUT2D eigenvalue weighted by atomic mass is 79.9. The number of aromatic nitrogens is 2. The first-order valence-corrected chi connectivity index (χ1v) is 10.9. The Morgan fingerprint density at radius 3 is 1.68 bits per heavy atom. The number of fused-ring (bicyclic) bond motifs is 1. The van der Waals surface area contributed by atoms with Gasteiger partial charge in [-0.1, -0.05) is 91.0 Å². The van der Waals surface area contributed by atoms with Crippen molar-refractivity contribution in [2.75, 3.05) is 7.11 Å². The molecule has 152 valence electrons. The molecule has 0 fully saturated rings. The molecule has 0 radical (unpaired) electrons. The van der Waals surface area contributed by atoms with E-state index in [1.807, 2.05) is 12.4 Å². The van der Waals surface area contributed by atoms with Crippen molar-refractivity contribution >= 4 is 27.0 Å². The Morgan fingerprint density at radius 2 is 1.23 bits per heavy atom. The monoisotopic (exact) mass is 468 g/mol. The van der Waals surface area contributed by atoms with E-state index in [-0.39, 0.29) is 0 Å². The van der Waals surface area contributed by atoms with Gasteiger partial charge in [0.2, 0.25) is 0 Å². The van der Waals surface area contributed by atoms with E-state index in [9.17, 15) is 0 Å². The van der Waals surface area contributed by atoms with E-state index >= 15 is 0 Å². The van der Waals surface area contributed by atoms with Crippen LogP contribution in [0, 0.1) is 0 Å². The van der Waals surface area contributed by atoms with Gasteiger partial charge in [0, 0.05) is 6.07 Å². The van der Waals surface area contributed by atoms with Gasteiger partial charge >= 0.3 is 0 Å². The molecule has 5 rings (SSSR count). The largest absolute Gasteiger partial charge is 0.495 e. The van der Waals surface area contributed by atoms with Crippen molar-refractivity contribution in [2.24, 2.45) is 0 Å². The summed E-state index contributed by atoms with van der Waals surface area (Å²) in [7, 11) is 1.67. The zero-order valence-corrected chi connectivity index (χ0v) is 18.7. The SMILES string of the molecule is COc1cc2ncn(C(c3ccccc3)(c3ccccc3)c3ccccc3)c2cc1Br. The Hall–Kier alpha value is -3.37. The van der Waals surface area contributed by atoms with Crippen molar-refractivity contribution in [1.82, 2.24) is 9.55 Å². The number of hydrogen-bond donors (Lipinski definition) is 0. The number of nitrogens with zero attached hydrogens (tertiary/aromatic N) is 2. The quantitative estimate of drug-likeness (QED) is 0.270. The fourth-order valence-electron chi connectivity index (χ4n) is 4.39. The van der Waals surface area contributed by atoms with E-state index in [4.69, 9.17) is 9.72 Å². The molecule has 0 N–H and O–H groups in total. The Balaban J connectivity index is 1.94. The van der Waals surface area contributed by atoms with Gasteiger partial charge in [-0.05, 0) is 38.7 Å². The third kappa shape index (κ3) is 3.15. The van der Waals surface area contributed by atoms with Gasteiger partial charge in [-0.3, -0.25) is 0 Å². The van der Waals surface area contributed by atoms with Crippen molar-refractivity contribution in [3.05, 3.63) is 131 Å². The lowest BCUT2D eigenvalue weighted by Crippen LogP contribution is -2.37. The average Bonchev–Trinajstić information content (AvgIpc) is 3.24. The normalized spacial score (nSPS) is 11.5. The highest BCUT2D eigenvalue weighted by Crippen LogP contribution is 2.43. The Morgan fingerprint density at radius 1 is 0.742 bits per heavy atom. The number of ether oxygens (including phenoxy) is 1. The molecule has 5 aromatic rings. The number of benzene rings is 4. The number of halogens is 1. The van der Waals surface area contributed by atoms with Crippen LogP contribution < -0.4 is 4.74 Å². The lowest BCUT2D eigenvalue weighted by molar-refractivity contribution is 0.412. The van der Waals surface area contributed by atoms with E-state index in [0.29, 0.717) is 0 Å². The van der Waals surface area contributed by atoms with Gasteiger partial charge in [0.25, 0.3) is 0 Å². The molecule has 4 aromatic carbocycles. The molecule has 1 aromatic heterocycles. The molecule has 0 aliphatic rings. The van der Waals surface area contributed by atoms with Crippen LogP contribution in [0.2, 0.25) is 0 Å². The molecule has 0 unspecified atom stereocenters. The van der Waals surface area contributed by atoms with Gasteiger partial charge < -0.3 is 9.30 Å². The fourth-order valence-corrected chi connectivity index (χ4v) is 4.88. The molecule has 3 nitrogen and oxygen atoms in total. The minimum absolute atomic E-state index is 0.591. The summed E-state index contributed by atoms with van der Waals surface area (Å²) in [6, 6.07) is 35.9. The molecule has 0 saturated carbocycles. The smallest absolute Gasteiger partial charge is 0.135 e. The van der Waals surface area contributed by atoms with Crippen LogP contribution in [0.3, 0.4) is 0 Å². The summed E-state index contributed by atoms with van der Waals surface area (Å²) in [6.45, 7) is 0. The molecule has 0 aliphatic heterocycles. The first-order valence-electron chi connectivity index (χ1n) is 10.1. The first kappa shape index (κ1) is 19.6. The lowest BCUT2D eigenvalue weighted by Gasteiger charge is -2.38. The van der Waals surface area contributed by atoms with Crippen molar-refractivity contribution < 1.29 is 4.74 Å². The minimum Gasteiger partial charge on any atom is -0.495 e. The summed E-state index contributed by atoms with van der Waals surface area (Å²) in [4.78, 5) is 4.77. The van der Waals surface area contributed by atoms with Crippen molar-refractivity contribution in [2.45, 2.75) is 5.54 Å². The predicted octanol–water partition coefficient (Wildman–Crippen LogP) is 6.65. The topological polar surface area (TPSA) is 27.1 Å². The second-order valence-electron chi connectivity index (χ2n) is 7.40. The van der Waals surface area contributed by atoms with Crippen LogP contribution in [-0.2, 0) is 5.54 Å². The molecule has 0 amide bonds. The summed E-state index contributed by atoms with van der Waals surface area (Å²) < 4.78 is 8.67. The van der Waals surface area contributed by atoms with Crippen molar-refractivity contribution in [3.63, 3.8) is 0 Å². The molecular weight excluding hydrogens is 448 g/mol. The second-order valence-corrected chi connectivity index (χ2v) is 8.25. The maximum Gasteiger partial charge on any atom is 0.135 e. The summed E-state index contributed by atoms with van der Waals surface area (Å²) >= 11 is 3.67. The zero-order valence-electron chi connectivity index (χ0n) is 17.1. The molecule has 1 heterocycles. The number of hydrogen-bond acceptors (Lipinski definition) is 2. The number of imidazole rings is 1. The van der Waals surface area contributed by atoms with E-state index in [1.54, 1.807) is 7.11 Å². The number of rotatable bonds is 5. The Bertz CT molecular complexity index is 1220. The summed E-state index contributed by atoms with van der Waals surface area (Å²) in [5, 5.41) is 0. The second kappa shape index (κ2) is 8.05. The molecule has 0 aliphatic carbocycles. The molecule has 0 saturated heterocycles. The van der Waals surface area contributed by atoms with Gasteiger partial charge in [-0.2, -0.15) is 0 Å². The van der Waals surface area contributed by atoms with E-state index < -0.39 is 5.54 Å². The standard InChI is InChI=1S/C27H21BrN2O/c1-31-26-18-24-25(17-23(26)28)30(19-29-24)27(20-11-5-2-6-12-20,21-13-7-3-8-14-21)22-15-9-4-10-16-22/h2-19H,1H3. The lowest BCUT2D eigenvalue weighted by atomic mass is 9.76. The summed E-state index contributed by atoms with van der Waals surface area (Å²) in [5.74, 6) is 0.766. The minimum atomic E-state index is -0.591. The van der Waals surface area contributed by atoms with Gasteiger partial charge in [0.1, 0.15) is 11.3 Å². The molecule has 4 heteroatoms. The van der Waals surface area contributed by atoms with E-state index in [0.717, 1.165) is 21.3 Å². The van der Waals surface area contributed by atoms with Gasteiger partial charge in [-0.15, -0.1) is 0 Å². The van der Waals surface area contributed by atoms with Crippen LogP contribution in [-0.4, -0.2) is 16.7 Å². The zero-order chi connectivity index (χ0) is 21.3. The van der Waals surface area contributed by atoms with Crippen LogP contribution in [0.4, 0.5) is 0 Å². The highest BCUT2D eigenvalue weighted by molar-refractivity contribution is 9.10. The van der Waals surface area contributed by atoms with Crippen LogP contribution in [0.15, 0.2) is 114 Å². The van der Waals surface area contributed by atoms with Gasteiger partial charge in [0.15, 0.2) is 0 Å². The third-order valence-electron chi connectivity index (χ3n) is 5.76. The van der Waals surface area contributed by atoms with E-state index in [1.165, 1.54) is 16.7 Å². The van der Waals surface area contributed by atoms with Crippen LogP contribution in [0.25, 0.3) is 11.0 Å². The fraction of sp³-hybridized carbons (Fsp3) is 0.0741. The molecule has 0 spiro atoms. The van der Waals surface area contributed by atoms with Crippen molar-refractivity contribution in [3.8, 4) is 5.75 Å². The Kier molecular flexibility index (Phi) is 5.08. The maximum atomic E-state index is 5.51. The summed E-state index contributed by atoms with van der Waals surface area (Å²) in [5.41, 5.74) is 4.81. The molecule has 0 bridgehead atoms. The third-order valence-corrected chi connectivity index (χ3v) is 6.38. The average molecular weight is 469 g/mol. The molecule has 31 heavy (non-hydrogen) atoms. The maximum absolute atomic E-state index is 5.51. The van der Waals surface area contributed by atoms with Crippen LogP contribution in [0.5, 0.6) is 5.75 Å². The van der Waals surface area contributed by atoms with Gasteiger partial charge in [-0.25, -0.2) is 4.98 Å². The summed E-state index contributed by atoms with van der Waals surface area (Å²) in [6.07, 6.45) is 1.93. The highest BCUT2D eigenvalue weighted by Gasteiger charge is 2.39. The predicted molar refractivity (Wildman–Crippen MR) is 129 cm³/mol. The van der Waals surface area contributed by atoms with Crippen LogP contribution in [0.1, 0.15) is 16.7 Å². The van der Waals surface area contributed by atoms with Gasteiger partial charge in [0.05, 0.1) is 28.9 Å². The van der Waals surface area contributed by atoms with E-state index in [2.05, 4.69) is 118 Å². The Labute approximate surface area is 190 Å². The van der Waals surface area contributed by atoms with Crippen molar-refractivity contribution in [1.29, 1.82) is 0 Å². The molecule has 0 atom stereocenters. The molecular formula is C27H21BrN2O. The van der Waals surface area contributed by atoms with Crippen LogP contribution >= 0.6 is 15.9 Å². The number of methoxy groups -OCH3 is 1.